The lowest BCUT2D eigenvalue weighted by Crippen LogP contribution is -2.27. The Hall–Kier alpha value is -1.36. The summed E-state index contributed by atoms with van der Waals surface area (Å²) in [5.41, 5.74) is 1.66. The molecule has 26 heavy (non-hydrogen) atoms. The maximum atomic E-state index is 12.8. The van der Waals surface area contributed by atoms with Crippen LogP contribution in [0.4, 0.5) is 5.13 Å². The molecule has 7 nitrogen and oxygen atoms in total. The summed E-state index contributed by atoms with van der Waals surface area (Å²) in [4.78, 5) is 34.6. The van der Waals surface area contributed by atoms with Gasteiger partial charge in [-0.15, -0.1) is 23.1 Å². The van der Waals surface area contributed by atoms with Crippen molar-refractivity contribution < 1.29 is 9.53 Å². The van der Waals surface area contributed by atoms with Crippen molar-refractivity contribution in [3.05, 3.63) is 27.1 Å². The van der Waals surface area contributed by atoms with Crippen LogP contribution in [-0.4, -0.2) is 45.2 Å². The van der Waals surface area contributed by atoms with E-state index < -0.39 is 0 Å². The molecule has 0 spiro atoms. The Morgan fingerprint density at radius 3 is 3.00 bits per heavy atom. The van der Waals surface area contributed by atoms with Crippen molar-refractivity contribution in [3.8, 4) is 0 Å². The maximum Gasteiger partial charge on any atom is 0.268 e. The Kier molecular flexibility index (Phi) is 6.38. The number of carbonyl (C=O) groups is 1. The van der Waals surface area contributed by atoms with Crippen molar-refractivity contribution in [2.45, 2.75) is 42.1 Å². The number of nitrogens with zero attached hydrogens (tertiary/aromatic N) is 3. The van der Waals surface area contributed by atoms with Crippen LogP contribution in [0.5, 0.6) is 0 Å². The van der Waals surface area contributed by atoms with Crippen LogP contribution < -0.4 is 10.9 Å². The molecule has 0 bridgehead atoms. The fourth-order valence-corrected chi connectivity index (χ4v) is 5.18. The molecule has 2 aromatic heterocycles. The highest BCUT2D eigenvalue weighted by atomic mass is 32.2. The molecule has 1 N–H and O–H groups in total. The third kappa shape index (κ3) is 4.48. The van der Waals surface area contributed by atoms with E-state index in [0.29, 0.717) is 28.7 Å². The van der Waals surface area contributed by atoms with Crippen LogP contribution in [0.1, 0.15) is 18.3 Å². The summed E-state index contributed by atoms with van der Waals surface area (Å²) in [6.07, 6.45) is 0.776. The van der Waals surface area contributed by atoms with Gasteiger partial charge in [0.1, 0.15) is 0 Å². The van der Waals surface area contributed by atoms with Gasteiger partial charge in [-0.3, -0.25) is 14.2 Å². The first-order valence-corrected chi connectivity index (χ1v) is 10.9. The predicted octanol–water partition coefficient (Wildman–Crippen LogP) is 2.42. The summed E-state index contributed by atoms with van der Waals surface area (Å²) < 4.78 is 6.72. The molecule has 0 fully saturated rings. The minimum atomic E-state index is -0.167. The SMILES string of the molecule is COCCn1c(SCC(=O)Nc2nc(C)cs2)nc2c(c1=O)SC(C)C2. The molecule has 0 saturated heterocycles. The average molecular weight is 413 g/mol. The molecule has 2 aromatic rings. The zero-order valence-electron chi connectivity index (χ0n) is 14.8. The average Bonchev–Trinajstić information content (AvgIpc) is 3.17. The standard InChI is InChI=1S/C16H20N4O3S3/c1-9-7-24-15(17-9)19-12(21)8-25-16-18-11-6-10(2)26-13(11)14(22)20(16)4-5-23-3/h7,10H,4-6,8H2,1-3H3,(H,17,19,21). The number of anilines is 1. The zero-order valence-corrected chi connectivity index (χ0v) is 17.2. The van der Waals surface area contributed by atoms with Crippen LogP contribution in [-0.2, 0) is 22.5 Å². The van der Waals surface area contributed by atoms with Gasteiger partial charge in [-0.2, -0.15) is 0 Å². The molecule has 1 unspecified atom stereocenters. The van der Waals surface area contributed by atoms with Crippen LogP contribution in [0, 0.1) is 6.92 Å². The minimum Gasteiger partial charge on any atom is -0.383 e. The second-order valence-corrected chi connectivity index (χ2v) is 9.13. The van der Waals surface area contributed by atoms with Crippen LogP contribution >= 0.6 is 34.9 Å². The van der Waals surface area contributed by atoms with E-state index in [2.05, 4.69) is 22.2 Å². The van der Waals surface area contributed by atoms with Gasteiger partial charge in [0.2, 0.25) is 5.91 Å². The quantitative estimate of drug-likeness (QED) is 0.552. The van der Waals surface area contributed by atoms with Gasteiger partial charge < -0.3 is 10.1 Å². The minimum absolute atomic E-state index is 0.0418. The number of aryl methyl sites for hydroxylation is 1. The number of hydrogen-bond donors (Lipinski definition) is 1. The number of thiazole rings is 1. The Labute approximate surface area is 164 Å². The number of hydrogen-bond acceptors (Lipinski definition) is 8. The molecule has 140 valence electrons. The summed E-state index contributed by atoms with van der Waals surface area (Å²) in [6, 6.07) is 0. The highest BCUT2D eigenvalue weighted by molar-refractivity contribution is 8.00. The molecule has 3 heterocycles. The van der Waals surface area contributed by atoms with E-state index in [1.165, 1.54) is 23.1 Å². The molecule has 1 aliphatic rings. The largest absolute Gasteiger partial charge is 0.383 e. The number of methoxy groups -OCH3 is 1. The van der Waals surface area contributed by atoms with Crippen molar-refractivity contribution in [1.82, 2.24) is 14.5 Å². The summed E-state index contributed by atoms with van der Waals surface area (Å²) in [5, 5.41) is 6.14. The Balaban J connectivity index is 1.75. The maximum absolute atomic E-state index is 12.8. The van der Waals surface area contributed by atoms with Gasteiger partial charge >= 0.3 is 0 Å². The number of thioether (sulfide) groups is 2. The van der Waals surface area contributed by atoms with Crippen LogP contribution in [0.25, 0.3) is 0 Å². The fraction of sp³-hybridized carbons (Fsp3) is 0.500. The Morgan fingerprint density at radius 2 is 2.31 bits per heavy atom. The lowest BCUT2D eigenvalue weighted by Gasteiger charge is -2.13. The van der Waals surface area contributed by atoms with E-state index in [4.69, 9.17) is 4.74 Å². The van der Waals surface area contributed by atoms with Gasteiger partial charge in [0.15, 0.2) is 10.3 Å². The van der Waals surface area contributed by atoms with Gasteiger partial charge in [0.25, 0.3) is 5.56 Å². The highest BCUT2D eigenvalue weighted by Gasteiger charge is 2.26. The van der Waals surface area contributed by atoms with Crippen molar-refractivity contribution >= 4 is 45.9 Å². The van der Waals surface area contributed by atoms with Gasteiger partial charge in [-0.25, -0.2) is 9.97 Å². The third-order valence-corrected chi connectivity index (χ3v) is 6.75. The number of nitrogens with one attached hydrogen (secondary N) is 1. The van der Waals surface area contributed by atoms with E-state index in [1.807, 2.05) is 12.3 Å². The predicted molar refractivity (Wildman–Crippen MR) is 106 cm³/mol. The number of fused-ring (bicyclic) bond motifs is 1. The Bertz CT molecular complexity index is 865. The molecule has 0 aliphatic carbocycles. The summed E-state index contributed by atoms with van der Waals surface area (Å²) >= 11 is 4.23. The van der Waals surface area contributed by atoms with Crippen LogP contribution in [0.15, 0.2) is 20.2 Å². The topological polar surface area (TPSA) is 86.1 Å². The number of amides is 1. The second kappa shape index (κ2) is 8.55. The van der Waals surface area contributed by atoms with E-state index in [-0.39, 0.29) is 17.2 Å². The number of rotatable bonds is 7. The molecule has 3 rings (SSSR count). The van der Waals surface area contributed by atoms with Gasteiger partial charge in [0, 0.05) is 24.2 Å². The molecule has 1 atom stereocenters. The van der Waals surface area contributed by atoms with Gasteiger partial charge in [-0.05, 0) is 6.92 Å². The van der Waals surface area contributed by atoms with E-state index in [0.717, 1.165) is 22.7 Å². The molecule has 1 aliphatic heterocycles. The monoisotopic (exact) mass is 412 g/mol. The smallest absolute Gasteiger partial charge is 0.268 e. The molecule has 0 saturated carbocycles. The lowest BCUT2D eigenvalue weighted by molar-refractivity contribution is -0.113. The number of ether oxygens (including phenoxy) is 1. The third-order valence-electron chi connectivity index (χ3n) is 3.68. The zero-order chi connectivity index (χ0) is 18.7. The van der Waals surface area contributed by atoms with Crippen molar-refractivity contribution in [1.29, 1.82) is 0 Å². The van der Waals surface area contributed by atoms with E-state index in [9.17, 15) is 9.59 Å². The van der Waals surface area contributed by atoms with Gasteiger partial charge in [0.05, 0.1) is 35.2 Å². The first-order chi connectivity index (χ1) is 12.5. The number of aromatic nitrogens is 3. The normalized spacial score (nSPS) is 15.9. The lowest BCUT2D eigenvalue weighted by atomic mass is 10.2. The summed E-state index contributed by atoms with van der Waals surface area (Å²) in [7, 11) is 1.60. The Morgan fingerprint density at radius 1 is 1.50 bits per heavy atom. The van der Waals surface area contributed by atoms with Crippen LogP contribution in [0.2, 0.25) is 0 Å². The van der Waals surface area contributed by atoms with Crippen molar-refractivity contribution in [2.75, 3.05) is 24.8 Å². The first kappa shape index (κ1) is 19.4. The first-order valence-electron chi connectivity index (χ1n) is 8.12. The highest BCUT2D eigenvalue weighted by Crippen LogP contribution is 2.34. The molecule has 10 heteroatoms. The number of carbonyl (C=O) groups excluding carboxylic acids is 1. The molecule has 0 aromatic carbocycles. The van der Waals surface area contributed by atoms with E-state index >= 15 is 0 Å². The molecular formula is C16H20N4O3S3. The van der Waals surface area contributed by atoms with Crippen LogP contribution in [0.3, 0.4) is 0 Å². The molecule has 0 radical (unpaired) electrons. The molecular weight excluding hydrogens is 392 g/mol. The van der Waals surface area contributed by atoms with Crippen molar-refractivity contribution in [2.24, 2.45) is 0 Å². The fourth-order valence-electron chi connectivity index (χ4n) is 2.52. The van der Waals surface area contributed by atoms with Gasteiger partial charge in [-0.1, -0.05) is 18.7 Å². The summed E-state index contributed by atoms with van der Waals surface area (Å²) in [6.45, 7) is 4.79. The molecule has 1 amide bonds. The summed E-state index contributed by atoms with van der Waals surface area (Å²) in [5.74, 6) is -0.000341. The van der Waals surface area contributed by atoms with Crippen molar-refractivity contribution in [3.63, 3.8) is 0 Å². The second-order valence-electron chi connectivity index (χ2n) is 5.88. The van der Waals surface area contributed by atoms with E-state index in [1.54, 1.807) is 23.4 Å².